The molecule has 6 nitrogen and oxygen atoms in total. The zero-order valence-electron chi connectivity index (χ0n) is 17.5. The summed E-state index contributed by atoms with van der Waals surface area (Å²) in [6.45, 7) is 9.56. The maximum Gasteiger partial charge on any atom is 0.253 e. The Hall–Kier alpha value is -2.12. The normalized spacial score (nSPS) is 16.3. The number of thiocarbonyl (C=S) groups is 1. The zero-order chi connectivity index (χ0) is 20.8. The molecule has 0 unspecified atom stereocenters. The molecule has 2 heterocycles. The molecule has 1 aliphatic heterocycles. The van der Waals surface area contributed by atoms with Crippen LogP contribution in [0.25, 0.3) is 10.9 Å². The first-order chi connectivity index (χ1) is 14.0. The maximum absolute atomic E-state index is 12.7. The summed E-state index contributed by atoms with van der Waals surface area (Å²) in [5.41, 5.74) is 1.39. The fraction of sp³-hybridized carbons (Fsp3) is 0.545. The Balaban J connectivity index is 1.84. The van der Waals surface area contributed by atoms with Crippen LogP contribution in [0.1, 0.15) is 39.2 Å². The van der Waals surface area contributed by atoms with Crippen LogP contribution in [0.2, 0.25) is 0 Å². The first-order valence-electron chi connectivity index (χ1n) is 10.4. The van der Waals surface area contributed by atoms with Crippen molar-refractivity contribution in [2.75, 3.05) is 26.3 Å². The molecule has 0 spiro atoms. The number of hydrogen-bond acceptors (Lipinski definition) is 4. The lowest BCUT2D eigenvalue weighted by molar-refractivity contribution is 0.0896. The monoisotopic (exact) mass is 417 g/mol. The van der Waals surface area contributed by atoms with Crippen LogP contribution in [0, 0.1) is 5.92 Å². The van der Waals surface area contributed by atoms with Crippen LogP contribution in [0.3, 0.4) is 0 Å². The number of fused-ring (bicyclic) bond motifs is 1. The fourth-order valence-electron chi connectivity index (χ4n) is 3.47. The predicted octanol–water partition coefficient (Wildman–Crippen LogP) is 3.44. The third-order valence-electron chi connectivity index (χ3n) is 4.96. The average Bonchev–Trinajstić information content (AvgIpc) is 3.19. The molecule has 1 aromatic carbocycles. The van der Waals surface area contributed by atoms with Gasteiger partial charge in [-0.3, -0.25) is 4.79 Å². The lowest BCUT2D eigenvalue weighted by atomic mass is 10.1. The molecule has 1 saturated heterocycles. The summed E-state index contributed by atoms with van der Waals surface area (Å²) in [7, 11) is 0. The van der Waals surface area contributed by atoms with Gasteiger partial charge in [0.05, 0.1) is 19.3 Å². The van der Waals surface area contributed by atoms with Gasteiger partial charge in [-0.1, -0.05) is 13.8 Å². The highest BCUT2D eigenvalue weighted by Crippen LogP contribution is 2.20. The predicted molar refractivity (Wildman–Crippen MR) is 121 cm³/mol. The van der Waals surface area contributed by atoms with E-state index < -0.39 is 0 Å². The van der Waals surface area contributed by atoms with Gasteiger partial charge in [-0.05, 0) is 62.2 Å². The lowest BCUT2D eigenvalue weighted by Gasteiger charge is -2.28. The summed E-state index contributed by atoms with van der Waals surface area (Å²) < 4.78 is 11.4. The molecule has 0 radical (unpaired) electrons. The van der Waals surface area contributed by atoms with Crippen molar-refractivity contribution in [1.29, 1.82) is 0 Å². The first-order valence-corrected chi connectivity index (χ1v) is 10.8. The molecule has 0 aliphatic carbocycles. The van der Waals surface area contributed by atoms with E-state index in [1.807, 2.05) is 31.2 Å². The molecule has 1 atom stereocenters. The highest BCUT2D eigenvalue weighted by Gasteiger charge is 2.22. The van der Waals surface area contributed by atoms with Gasteiger partial charge in [0.2, 0.25) is 0 Å². The van der Waals surface area contributed by atoms with Gasteiger partial charge in [-0.2, -0.15) is 0 Å². The number of aromatic amines is 1. The second-order valence-corrected chi connectivity index (χ2v) is 8.29. The van der Waals surface area contributed by atoms with E-state index >= 15 is 0 Å². The lowest BCUT2D eigenvalue weighted by Crippen LogP contribution is -2.44. The van der Waals surface area contributed by atoms with Gasteiger partial charge < -0.3 is 24.7 Å². The maximum atomic E-state index is 12.7. The Kier molecular flexibility index (Phi) is 7.50. The zero-order valence-corrected chi connectivity index (χ0v) is 18.3. The number of pyridine rings is 1. The van der Waals surface area contributed by atoms with E-state index in [0.717, 1.165) is 42.6 Å². The molecule has 1 fully saturated rings. The fourth-order valence-corrected chi connectivity index (χ4v) is 3.69. The van der Waals surface area contributed by atoms with E-state index in [1.165, 1.54) is 0 Å². The van der Waals surface area contributed by atoms with Crippen LogP contribution >= 0.6 is 12.2 Å². The minimum atomic E-state index is -0.0920. The van der Waals surface area contributed by atoms with E-state index in [2.05, 4.69) is 29.0 Å². The van der Waals surface area contributed by atoms with Crippen LogP contribution in [0.15, 0.2) is 29.1 Å². The number of rotatable bonds is 8. The largest absolute Gasteiger partial charge is 0.494 e. The van der Waals surface area contributed by atoms with E-state index in [0.29, 0.717) is 36.3 Å². The third-order valence-corrected chi connectivity index (χ3v) is 5.36. The second-order valence-electron chi connectivity index (χ2n) is 7.90. The summed E-state index contributed by atoms with van der Waals surface area (Å²) in [4.78, 5) is 17.7. The van der Waals surface area contributed by atoms with Crippen molar-refractivity contribution in [3.05, 3.63) is 40.2 Å². The summed E-state index contributed by atoms with van der Waals surface area (Å²) in [5.74, 6) is 1.28. The molecule has 0 amide bonds. The molecule has 3 rings (SSSR count). The Morgan fingerprint density at radius 2 is 2.24 bits per heavy atom. The molecule has 29 heavy (non-hydrogen) atoms. The van der Waals surface area contributed by atoms with E-state index in [4.69, 9.17) is 21.7 Å². The number of nitrogens with zero attached hydrogens (tertiary/aromatic N) is 1. The van der Waals surface area contributed by atoms with E-state index in [9.17, 15) is 4.79 Å². The molecule has 2 N–H and O–H groups in total. The molecule has 1 aromatic heterocycles. The Bertz CT molecular complexity index is 890. The van der Waals surface area contributed by atoms with Crippen molar-refractivity contribution in [3.8, 4) is 5.75 Å². The number of H-pyrrole nitrogens is 1. The van der Waals surface area contributed by atoms with E-state index in [1.54, 1.807) is 0 Å². The van der Waals surface area contributed by atoms with Crippen LogP contribution < -0.4 is 15.6 Å². The van der Waals surface area contributed by atoms with Crippen LogP contribution in [-0.4, -0.2) is 47.4 Å². The molecule has 7 heteroatoms. The van der Waals surface area contributed by atoms with Crippen LogP contribution in [-0.2, 0) is 11.3 Å². The number of ether oxygens (including phenoxy) is 2. The van der Waals surface area contributed by atoms with Gasteiger partial charge in [0.25, 0.3) is 5.56 Å². The van der Waals surface area contributed by atoms with Gasteiger partial charge in [0.15, 0.2) is 5.11 Å². The summed E-state index contributed by atoms with van der Waals surface area (Å²) in [5, 5.41) is 4.94. The molecule has 1 aliphatic rings. The van der Waals surface area contributed by atoms with Gasteiger partial charge in [0, 0.05) is 36.2 Å². The van der Waals surface area contributed by atoms with Gasteiger partial charge in [-0.15, -0.1) is 0 Å². The highest BCUT2D eigenvalue weighted by atomic mass is 32.1. The summed E-state index contributed by atoms with van der Waals surface area (Å²) in [6, 6.07) is 7.64. The van der Waals surface area contributed by atoms with Gasteiger partial charge >= 0.3 is 0 Å². The number of hydrogen-bond donors (Lipinski definition) is 2. The molecular weight excluding hydrogens is 386 g/mol. The smallest absolute Gasteiger partial charge is 0.253 e. The van der Waals surface area contributed by atoms with Gasteiger partial charge in [0.1, 0.15) is 5.75 Å². The standard InChI is InChI=1S/C22H31N3O3S/c1-4-27-18-7-8-20-16(11-18)10-17(21(26)24-20)13-25(14-19-6-5-9-28-19)22(29)23-12-15(2)3/h7-8,10-11,15,19H,4-6,9,12-14H2,1-3H3,(H,23,29)(H,24,26)/t19-/m1/s1. The minimum absolute atomic E-state index is 0.0920. The molecule has 158 valence electrons. The number of aromatic nitrogens is 1. The summed E-state index contributed by atoms with van der Waals surface area (Å²) in [6.07, 6.45) is 2.24. The van der Waals surface area contributed by atoms with Crippen LogP contribution in [0.5, 0.6) is 5.75 Å². The molecule has 0 saturated carbocycles. The summed E-state index contributed by atoms with van der Waals surface area (Å²) >= 11 is 5.65. The van der Waals surface area contributed by atoms with Crippen molar-refractivity contribution in [2.45, 2.75) is 46.3 Å². The van der Waals surface area contributed by atoms with Crippen molar-refractivity contribution in [3.63, 3.8) is 0 Å². The van der Waals surface area contributed by atoms with Crippen molar-refractivity contribution in [2.24, 2.45) is 5.92 Å². The van der Waals surface area contributed by atoms with Crippen molar-refractivity contribution < 1.29 is 9.47 Å². The third kappa shape index (κ3) is 5.93. The number of nitrogens with one attached hydrogen (secondary N) is 2. The topological polar surface area (TPSA) is 66.6 Å². The molecular formula is C22H31N3O3S. The molecule has 2 aromatic rings. The quantitative estimate of drug-likeness (QED) is 0.642. The molecule has 0 bridgehead atoms. The van der Waals surface area contributed by atoms with Crippen molar-refractivity contribution >= 4 is 28.2 Å². The van der Waals surface area contributed by atoms with E-state index in [-0.39, 0.29) is 11.7 Å². The minimum Gasteiger partial charge on any atom is -0.494 e. The van der Waals surface area contributed by atoms with Crippen molar-refractivity contribution in [1.82, 2.24) is 15.2 Å². The SMILES string of the molecule is CCOc1ccc2[nH]c(=O)c(CN(C[C@H]3CCCO3)C(=S)NCC(C)C)cc2c1. The second kappa shape index (κ2) is 10.1. The highest BCUT2D eigenvalue weighted by molar-refractivity contribution is 7.80. The van der Waals surface area contributed by atoms with Crippen LogP contribution in [0.4, 0.5) is 0 Å². The van der Waals surface area contributed by atoms with Gasteiger partial charge in [-0.25, -0.2) is 0 Å². The Morgan fingerprint density at radius 1 is 1.41 bits per heavy atom. The average molecular weight is 418 g/mol. The first kappa shape index (κ1) is 21.6. The number of benzene rings is 1. The Morgan fingerprint density at radius 3 is 2.93 bits per heavy atom. The Labute approximate surface area is 177 Å².